The molecule has 6 nitrogen and oxygen atoms in total. The number of pyridine rings is 1. The first-order chi connectivity index (χ1) is 13.3. The molecule has 1 aromatic heterocycles. The summed E-state index contributed by atoms with van der Waals surface area (Å²) in [6.45, 7) is 7.69. The van der Waals surface area contributed by atoms with E-state index >= 15 is 0 Å². The maximum absolute atomic E-state index is 12.5. The summed E-state index contributed by atoms with van der Waals surface area (Å²) in [7, 11) is 0. The molecular weight excluding hydrogens is 340 g/mol. The fraction of sp³-hybridized carbons (Fsp3) is 0.429. The molecular formula is C21H26N4O2. The normalized spacial score (nSPS) is 18.5. The van der Waals surface area contributed by atoms with Gasteiger partial charge in [0.1, 0.15) is 0 Å². The Morgan fingerprint density at radius 3 is 2.22 bits per heavy atom. The van der Waals surface area contributed by atoms with Gasteiger partial charge in [0.2, 0.25) is 0 Å². The Bertz CT molecular complexity index is 737. The van der Waals surface area contributed by atoms with Crippen molar-refractivity contribution in [2.45, 2.75) is 6.54 Å². The molecule has 142 valence electrons. The zero-order valence-corrected chi connectivity index (χ0v) is 15.6. The van der Waals surface area contributed by atoms with Gasteiger partial charge in [-0.05, 0) is 29.8 Å². The van der Waals surface area contributed by atoms with Crippen molar-refractivity contribution in [1.29, 1.82) is 0 Å². The van der Waals surface area contributed by atoms with E-state index in [1.807, 2.05) is 29.4 Å². The number of benzene rings is 1. The predicted molar refractivity (Wildman–Crippen MR) is 105 cm³/mol. The molecule has 1 amide bonds. The summed E-state index contributed by atoms with van der Waals surface area (Å²) in [5.41, 5.74) is 3.27. The maximum Gasteiger partial charge on any atom is 0.254 e. The number of nitrogens with zero attached hydrogens (tertiary/aromatic N) is 4. The smallest absolute Gasteiger partial charge is 0.254 e. The van der Waals surface area contributed by atoms with Gasteiger partial charge >= 0.3 is 0 Å². The SMILES string of the molecule is O=C(c1ccc(CN2CCN(c3ccncc3)CC2)cc1)N1CCOCC1. The number of carbonyl (C=O) groups excluding carboxylic acids is 1. The summed E-state index contributed by atoms with van der Waals surface area (Å²) in [5, 5.41) is 0. The fourth-order valence-corrected chi connectivity index (χ4v) is 3.68. The van der Waals surface area contributed by atoms with Crippen LogP contribution in [-0.4, -0.2) is 73.2 Å². The molecule has 4 rings (SSSR count). The van der Waals surface area contributed by atoms with Gasteiger partial charge in [0.15, 0.2) is 0 Å². The van der Waals surface area contributed by atoms with Crippen molar-refractivity contribution in [3.63, 3.8) is 0 Å². The monoisotopic (exact) mass is 366 g/mol. The van der Waals surface area contributed by atoms with E-state index in [1.165, 1.54) is 11.3 Å². The maximum atomic E-state index is 12.5. The lowest BCUT2D eigenvalue weighted by atomic mass is 10.1. The van der Waals surface area contributed by atoms with Crippen LogP contribution in [0, 0.1) is 0 Å². The van der Waals surface area contributed by atoms with E-state index in [4.69, 9.17) is 4.74 Å². The predicted octanol–water partition coefficient (Wildman–Crippen LogP) is 1.88. The Labute approximate surface area is 160 Å². The van der Waals surface area contributed by atoms with E-state index in [0.29, 0.717) is 26.3 Å². The molecule has 3 heterocycles. The van der Waals surface area contributed by atoms with Crippen LogP contribution < -0.4 is 4.90 Å². The van der Waals surface area contributed by atoms with Crippen LogP contribution in [0.5, 0.6) is 0 Å². The quantitative estimate of drug-likeness (QED) is 0.827. The number of rotatable bonds is 4. The molecule has 2 aliphatic heterocycles. The van der Waals surface area contributed by atoms with Crippen LogP contribution in [0.2, 0.25) is 0 Å². The molecule has 0 aliphatic carbocycles. The fourth-order valence-electron chi connectivity index (χ4n) is 3.68. The second kappa shape index (κ2) is 8.50. The van der Waals surface area contributed by atoms with Crippen LogP contribution in [0.25, 0.3) is 0 Å². The van der Waals surface area contributed by atoms with E-state index in [0.717, 1.165) is 38.3 Å². The minimum Gasteiger partial charge on any atom is -0.378 e. The zero-order valence-electron chi connectivity index (χ0n) is 15.6. The molecule has 0 spiro atoms. The van der Waals surface area contributed by atoms with E-state index < -0.39 is 0 Å². The second-order valence-corrected chi connectivity index (χ2v) is 7.07. The van der Waals surface area contributed by atoms with E-state index in [-0.39, 0.29) is 5.91 Å². The minimum atomic E-state index is 0.107. The van der Waals surface area contributed by atoms with Crippen molar-refractivity contribution >= 4 is 11.6 Å². The van der Waals surface area contributed by atoms with Gasteiger partial charge in [-0.25, -0.2) is 0 Å². The summed E-state index contributed by atoms with van der Waals surface area (Å²) in [4.78, 5) is 23.4. The molecule has 2 aromatic rings. The summed E-state index contributed by atoms with van der Waals surface area (Å²) in [6, 6.07) is 12.2. The van der Waals surface area contributed by atoms with Crippen molar-refractivity contribution in [2.24, 2.45) is 0 Å². The molecule has 2 fully saturated rings. The Morgan fingerprint density at radius 1 is 0.889 bits per heavy atom. The van der Waals surface area contributed by atoms with Gasteiger partial charge < -0.3 is 14.5 Å². The summed E-state index contributed by atoms with van der Waals surface area (Å²) >= 11 is 0. The third kappa shape index (κ3) is 4.46. The van der Waals surface area contributed by atoms with Crippen LogP contribution in [0.15, 0.2) is 48.8 Å². The number of amides is 1. The summed E-state index contributed by atoms with van der Waals surface area (Å²) in [6.07, 6.45) is 3.70. The number of anilines is 1. The molecule has 0 bridgehead atoms. The first-order valence-electron chi connectivity index (χ1n) is 9.63. The first kappa shape index (κ1) is 17.9. The topological polar surface area (TPSA) is 48.9 Å². The number of morpholine rings is 1. The largest absolute Gasteiger partial charge is 0.378 e. The van der Waals surface area contributed by atoms with Crippen molar-refractivity contribution in [3.05, 3.63) is 59.9 Å². The number of ether oxygens (including phenoxy) is 1. The standard InChI is InChI=1S/C21H26N4O2/c26-21(25-13-15-27-16-14-25)19-3-1-18(2-4-19)17-23-9-11-24(12-10-23)20-5-7-22-8-6-20/h1-8H,9-17H2. The molecule has 0 atom stereocenters. The number of aromatic nitrogens is 1. The van der Waals surface area contributed by atoms with Gasteiger partial charge in [-0.1, -0.05) is 12.1 Å². The lowest BCUT2D eigenvalue weighted by Crippen LogP contribution is -2.45. The van der Waals surface area contributed by atoms with Gasteiger partial charge in [-0.2, -0.15) is 0 Å². The Balaban J connectivity index is 1.29. The molecule has 2 saturated heterocycles. The third-order valence-corrected chi connectivity index (χ3v) is 5.31. The number of carbonyl (C=O) groups is 1. The number of piperazine rings is 1. The Morgan fingerprint density at radius 2 is 1.56 bits per heavy atom. The van der Waals surface area contributed by atoms with Crippen LogP contribution in [0.4, 0.5) is 5.69 Å². The van der Waals surface area contributed by atoms with Crippen molar-refractivity contribution in [2.75, 3.05) is 57.4 Å². The number of hydrogen-bond acceptors (Lipinski definition) is 5. The highest BCUT2D eigenvalue weighted by Gasteiger charge is 2.19. The van der Waals surface area contributed by atoms with Crippen molar-refractivity contribution < 1.29 is 9.53 Å². The highest BCUT2D eigenvalue weighted by molar-refractivity contribution is 5.94. The van der Waals surface area contributed by atoms with Gasteiger partial charge in [0, 0.05) is 69.5 Å². The highest BCUT2D eigenvalue weighted by Crippen LogP contribution is 2.17. The third-order valence-electron chi connectivity index (χ3n) is 5.31. The van der Waals surface area contributed by atoms with Crippen LogP contribution in [-0.2, 0) is 11.3 Å². The average molecular weight is 366 g/mol. The molecule has 0 radical (unpaired) electrons. The molecule has 27 heavy (non-hydrogen) atoms. The molecule has 0 N–H and O–H groups in total. The highest BCUT2D eigenvalue weighted by atomic mass is 16.5. The lowest BCUT2D eigenvalue weighted by Gasteiger charge is -2.36. The van der Waals surface area contributed by atoms with Gasteiger partial charge in [-0.3, -0.25) is 14.7 Å². The molecule has 0 saturated carbocycles. The van der Waals surface area contributed by atoms with E-state index in [2.05, 4.69) is 39.0 Å². The first-order valence-corrected chi connectivity index (χ1v) is 9.63. The Kier molecular flexibility index (Phi) is 5.65. The van der Waals surface area contributed by atoms with Gasteiger partial charge in [0.25, 0.3) is 5.91 Å². The molecule has 0 unspecified atom stereocenters. The number of hydrogen-bond donors (Lipinski definition) is 0. The van der Waals surface area contributed by atoms with Crippen LogP contribution in [0.1, 0.15) is 15.9 Å². The average Bonchev–Trinajstić information content (AvgIpc) is 2.76. The van der Waals surface area contributed by atoms with E-state index in [1.54, 1.807) is 0 Å². The van der Waals surface area contributed by atoms with Crippen molar-refractivity contribution in [3.8, 4) is 0 Å². The summed E-state index contributed by atoms with van der Waals surface area (Å²) in [5.74, 6) is 0.107. The minimum absolute atomic E-state index is 0.107. The van der Waals surface area contributed by atoms with Gasteiger partial charge in [-0.15, -0.1) is 0 Å². The second-order valence-electron chi connectivity index (χ2n) is 7.07. The molecule has 2 aliphatic rings. The molecule has 1 aromatic carbocycles. The van der Waals surface area contributed by atoms with Crippen LogP contribution >= 0.6 is 0 Å². The lowest BCUT2D eigenvalue weighted by molar-refractivity contribution is 0.0303. The van der Waals surface area contributed by atoms with Crippen molar-refractivity contribution in [1.82, 2.24) is 14.8 Å². The Hall–Kier alpha value is -2.44. The zero-order chi connectivity index (χ0) is 18.5. The van der Waals surface area contributed by atoms with E-state index in [9.17, 15) is 4.79 Å². The van der Waals surface area contributed by atoms with Crippen LogP contribution in [0.3, 0.4) is 0 Å². The molecule has 6 heteroatoms. The van der Waals surface area contributed by atoms with Gasteiger partial charge in [0.05, 0.1) is 13.2 Å². The summed E-state index contributed by atoms with van der Waals surface area (Å²) < 4.78 is 5.32.